The van der Waals surface area contributed by atoms with Crippen LogP contribution < -0.4 is 14.8 Å². The van der Waals surface area contributed by atoms with Crippen LogP contribution in [-0.4, -0.2) is 40.9 Å². The van der Waals surface area contributed by atoms with Crippen molar-refractivity contribution >= 4 is 45.7 Å². The Kier molecular flexibility index (Phi) is 5.40. The van der Waals surface area contributed by atoms with Gasteiger partial charge < -0.3 is 14.8 Å². The molecule has 1 aliphatic rings. The fourth-order valence-electron chi connectivity index (χ4n) is 2.27. The zero-order valence-corrected chi connectivity index (χ0v) is 15.1. The van der Waals surface area contributed by atoms with E-state index >= 15 is 0 Å². The normalized spacial score (nSPS) is 12.4. The summed E-state index contributed by atoms with van der Waals surface area (Å²) in [5, 5.41) is 4.08. The Morgan fingerprint density at radius 1 is 1.28 bits per heavy atom. The number of carbonyl (C=O) groups is 1. The maximum absolute atomic E-state index is 12.1. The van der Waals surface area contributed by atoms with Gasteiger partial charge in [-0.2, -0.15) is 0 Å². The molecule has 1 N–H and O–H groups in total. The Morgan fingerprint density at radius 2 is 2.12 bits per heavy atom. The Labute approximate surface area is 153 Å². The van der Waals surface area contributed by atoms with Gasteiger partial charge in [0.1, 0.15) is 5.15 Å². The average molecular weight is 379 g/mol. The third kappa shape index (κ3) is 4.21. The minimum atomic E-state index is -0.158. The van der Waals surface area contributed by atoms with Crippen molar-refractivity contribution in [2.45, 2.75) is 6.42 Å². The first-order valence-electron chi connectivity index (χ1n) is 7.31. The van der Waals surface area contributed by atoms with Gasteiger partial charge in [-0.1, -0.05) is 11.6 Å². The number of fused-ring (bicyclic) bond motifs is 1. The predicted octanol–water partition coefficient (Wildman–Crippen LogP) is 3.11. The summed E-state index contributed by atoms with van der Waals surface area (Å²) in [4.78, 5) is 24.7. The lowest BCUT2D eigenvalue weighted by Crippen LogP contribution is -2.15. The van der Waals surface area contributed by atoms with E-state index in [1.807, 2.05) is 0 Å². The van der Waals surface area contributed by atoms with E-state index in [-0.39, 0.29) is 11.7 Å². The molecule has 0 fully saturated rings. The first-order valence-corrected chi connectivity index (χ1v) is 8.68. The largest absolute Gasteiger partial charge is 0.491 e. The molecular formula is C16H15ClN4O3S. The Morgan fingerprint density at radius 3 is 2.88 bits per heavy atom. The number of methoxy groups -OCH3 is 2. The van der Waals surface area contributed by atoms with Gasteiger partial charge in [-0.25, -0.2) is 15.0 Å². The van der Waals surface area contributed by atoms with Crippen LogP contribution in [0.25, 0.3) is 0 Å². The maximum Gasteiger partial charge on any atom is 0.256 e. The fraction of sp³-hybridized carbons (Fsp3) is 0.250. The lowest BCUT2D eigenvalue weighted by molar-refractivity contribution is -0.113. The van der Waals surface area contributed by atoms with Crippen LogP contribution >= 0.6 is 23.4 Å². The minimum Gasteiger partial charge on any atom is -0.491 e. The third-order valence-electron chi connectivity index (χ3n) is 3.40. The number of hydrogen-bond donors (Lipinski definition) is 1. The monoisotopic (exact) mass is 378 g/mol. The van der Waals surface area contributed by atoms with Crippen LogP contribution in [0.2, 0.25) is 5.15 Å². The number of amides is 1. The highest BCUT2D eigenvalue weighted by Crippen LogP contribution is 2.31. The molecule has 1 amide bonds. The molecular weight excluding hydrogens is 364 g/mol. The van der Waals surface area contributed by atoms with Crippen LogP contribution in [0.15, 0.2) is 29.5 Å². The number of aromatic nitrogens is 2. The van der Waals surface area contributed by atoms with Gasteiger partial charge >= 0.3 is 0 Å². The van der Waals surface area contributed by atoms with E-state index in [2.05, 4.69) is 20.3 Å². The van der Waals surface area contributed by atoms with E-state index in [0.717, 1.165) is 16.3 Å². The molecule has 2 aromatic rings. The molecule has 7 nitrogen and oxygen atoms in total. The highest BCUT2D eigenvalue weighted by molar-refractivity contribution is 8.14. The molecule has 0 saturated carbocycles. The number of halogens is 1. The maximum atomic E-state index is 12.1. The van der Waals surface area contributed by atoms with Gasteiger partial charge in [-0.15, -0.1) is 11.8 Å². The Balaban J connectivity index is 1.56. The number of pyridine rings is 2. The second-order valence-corrected chi connectivity index (χ2v) is 6.53. The average Bonchev–Trinajstić information content (AvgIpc) is 3.01. The molecule has 3 rings (SSSR count). The Hall–Kier alpha value is -2.32. The van der Waals surface area contributed by atoms with E-state index in [1.54, 1.807) is 18.3 Å². The molecule has 0 saturated heterocycles. The molecule has 0 bridgehead atoms. The SMILES string of the molecule is COc1cc(NC(=O)CSC2=Nc3cnc(Cl)cc3C2)cnc1OC. The first kappa shape index (κ1) is 17.5. The number of rotatable bonds is 5. The Bertz CT molecular complexity index is 844. The van der Waals surface area contributed by atoms with Crippen molar-refractivity contribution < 1.29 is 14.3 Å². The van der Waals surface area contributed by atoms with Crippen molar-refractivity contribution in [1.29, 1.82) is 0 Å². The molecule has 0 radical (unpaired) electrons. The highest BCUT2D eigenvalue weighted by Gasteiger charge is 2.17. The van der Waals surface area contributed by atoms with E-state index in [9.17, 15) is 4.79 Å². The summed E-state index contributed by atoms with van der Waals surface area (Å²) < 4.78 is 10.2. The van der Waals surface area contributed by atoms with Crippen LogP contribution in [0.5, 0.6) is 11.6 Å². The van der Waals surface area contributed by atoms with Gasteiger partial charge in [0, 0.05) is 12.5 Å². The zero-order valence-electron chi connectivity index (χ0n) is 13.6. The summed E-state index contributed by atoms with van der Waals surface area (Å²) in [5.74, 6) is 0.893. The lowest BCUT2D eigenvalue weighted by atomic mass is 10.2. The number of hydrogen-bond acceptors (Lipinski definition) is 7. The number of carbonyl (C=O) groups excluding carboxylic acids is 1. The van der Waals surface area contributed by atoms with Crippen LogP contribution in [0.4, 0.5) is 11.4 Å². The third-order valence-corrected chi connectivity index (χ3v) is 4.59. The van der Waals surface area contributed by atoms with E-state index in [0.29, 0.717) is 28.9 Å². The van der Waals surface area contributed by atoms with Gasteiger partial charge in [0.15, 0.2) is 5.75 Å². The van der Waals surface area contributed by atoms with Crippen molar-refractivity contribution in [3.05, 3.63) is 35.2 Å². The topological polar surface area (TPSA) is 85.7 Å². The number of ether oxygens (including phenoxy) is 2. The number of anilines is 1. The van der Waals surface area contributed by atoms with Crippen molar-refractivity contribution in [2.75, 3.05) is 25.3 Å². The molecule has 0 atom stereocenters. The predicted molar refractivity (Wildman–Crippen MR) is 98.5 cm³/mol. The van der Waals surface area contributed by atoms with Gasteiger partial charge in [0.2, 0.25) is 5.91 Å². The van der Waals surface area contributed by atoms with Crippen LogP contribution in [0, 0.1) is 0 Å². The molecule has 0 aromatic carbocycles. The van der Waals surface area contributed by atoms with Crippen molar-refractivity contribution in [3.8, 4) is 11.6 Å². The molecule has 2 aromatic heterocycles. The number of nitrogens with one attached hydrogen (secondary N) is 1. The second kappa shape index (κ2) is 7.71. The van der Waals surface area contributed by atoms with Gasteiger partial charge in [-0.05, 0) is 11.6 Å². The number of aliphatic imine (C=N–C) groups is 1. The summed E-state index contributed by atoms with van der Waals surface area (Å²) in [6.45, 7) is 0. The molecule has 1 aliphatic heterocycles. The van der Waals surface area contributed by atoms with Gasteiger partial charge in [-0.3, -0.25) is 4.79 Å². The highest BCUT2D eigenvalue weighted by atomic mass is 35.5. The number of thioether (sulfide) groups is 1. The molecule has 25 heavy (non-hydrogen) atoms. The zero-order chi connectivity index (χ0) is 17.8. The van der Waals surface area contributed by atoms with Crippen LogP contribution in [0.1, 0.15) is 5.56 Å². The second-order valence-electron chi connectivity index (χ2n) is 5.09. The van der Waals surface area contributed by atoms with Crippen molar-refractivity contribution in [3.63, 3.8) is 0 Å². The summed E-state index contributed by atoms with van der Waals surface area (Å²) in [6.07, 6.45) is 3.81. The van der Waals surface area contributed by atoms with E-state index in [1.165, 1.54) is 32.2 Å². The molecule has 0 unspecified atom stereocenters. The summed E-state index contributed by atoms with van der Waals surface area (Å²) >= 11 is 7.26. The van der Waals surface area contributed by atoms with Gasteiger partial charge in [0.05, 0.1) is 48.8 Å². The minimum absolute atomic E-state index is 0.158. The lowest BCUT2D eigenvalue weighted by Gasteiger charge is -2.09. The molecule has 130 valence electrons. The quantitative estimate of drug-likeness (QED) is 0.804. The van der Waals surface area contributed by atoms with Crippen LogP contribution in [0.3, 0.4) is 0 Å². The summed E-state index contributed by atoms with van der Waals surface area (Å²) in [7, 11) is 3.01. The smallest absolute Gasteiger partial charge is 0.256 e. The first-order chi connectivity index (χ1) is 12.1. The molecule has 0 aliphatic carbocycles. The van der Waals surface area contributed by atoms with Crippen molar-refractivity contribution in [2.24, 2.45) is 4.99 Å². The summed E-state index contributed by atoms with van der Waals surface area (Å²) in [5.41, 5.74) is 2.36. The van der Waals surface area contributed by atoms with Gasteiger partial charge in [0.25, 0.3) is 5.88 Å². The van der Waals surface area contributed by atoms with Crippen molar-refractivity contribution in [1.82, 2.24) is 9.97 Å². The molecule has 0 spiro atoms. The van der Waals surface area contributed by atoms with E-state index < -0.39 is 0 Å². The fourth-order valence-corrected chi connectivity index (χ4v) is 3.24. The number of nitrogens with zero attached hydrogens (tertiary/aromatic N) is 3. The van der Waals surface area contributed by atoms with E-state index in [4.69, 9.17) is 21.1 Å². The van der Waals surface area contributed by atoms with Crippen LogP contribution in [-0.2, 0) is 11.2 Å². The molecule has 9 heteroatoms. The molecule has 3 heterocycles. The standard InChI is InChI=1S/C16H15ClN4O3S/c1-23-12-5-10(6-19-16(12)24-2)20-14(22)8-25-15-4-9-3-13(17)18-7-11(9)21-15/h3,5-7H,4,8H2,1-2H3,(H,20,22). The summed E-state index contributed by atoms with van der Waals surface area (Å²) in [6, 6.07) is 3.45.